The molecule has 0 rings (SSSR count). The molecule has 0 aliphatic heterocycles. The molecule has 0 saturated carbocycles. The van der Waals surface area contributed by atoms with E-state index in [1.54, 1.807) is 0 Å². The van der Waals surface area contributed by atoms with Crippen molar-refractivity contribution in [1.82, 2.24) is 0 Å². The molecule has 0 unspecified atom stereocenters. The summed E-state index contributed by atoms with van der Waals surface area (Å²) in [5.74, 6) is 0. The Morgan fingerprint density at radius 2 is 2.50 bits per heavy atom. The number of aliphatic imine (C=N–C) groups is 1. The molecule has 0 aliphatic carbocycles. The second-order valence-corrected chi connectivity index (χ2v) is 1.68. The summed E-state index contributed by atoms with van der Waals surface area (Å²) in [4.78, 5) is 3.78. The molecule has 0 aromatic rings. The van der Waals surface area contributed by atoms with Gasteiger partial charge in [-0.05, 0) is 26.1 Å². The summed E-state index contributed by atoms with van der Waals surface area (Å²) < 4.78 is 0. The molecule has 0 fully saturated rings. The number of nitrogens with zero attached hydrogens (tertiary/aromatic N) is 1. The lowest BCUT2D eigenvalue weighted by Crippen LogP contribution is -1.91. The fraction of sp³-hybridized carbons (Fsp3) is 0.429. The zero-order valence-corrected chi connectivity index (χ0v) is 5.22. The smallest absolute Gasteiger partial charge is 0.0504 e. The van der Waals surface area contributed by atoms with Crippen LogP contribution in [-0.4, -0.2) is 12.8 Å². The maximum absolute atomic E-state index is 3.78. The zero-order valence-electron chi connectivity index (χ0n) is 5.22. The largest absolute Gasteiger partial charge is 0.298 e. The Bertz CT molecular complexity index is 110. The average molecular weight is 109 g/mol. The van der Waals surface area contributed by atoms with E-state index in [1.165, 1.54) is 0 Å². The van der Waals surface area contributed by atoms with Crippen LogP contribution in [-0.2, 0) is 0 Å². The summed E-state index contributed by atoms with van der Waals surface area (Å²) in [5, 5.41) is 0. The van der Waals surface area contributed by atoms with Crippen LogP contribution >= 0.6 is 0 Å². The molecule has 0 saturated heterocycles. The molecule has 8 heavy (non-hydrogen) atoms. The Balaban J connectivity index is 3.38. The highest BCUT2D eigenvalue weighted by atomic mass is 14.7. The maximum Gasteiger partial charge on any atom is 0.0504 e. The van der Waals surface area contributed by atoms with Crippen LogP contribution in [0.25, 0.3) is 0 Å². The summed E-state index contributed by atoms with van der Waals surface area (Å²) in [7, 11) is 0. The first-order chi connectivity index (χ1) is 3.81. The lowest BCUT2D eigenvalue weighted by Gasteiger charge is -1.95. The summed E-state index contributed by atoms with van der Waals surface area (Å²) in [5.41, 5.74) is 2.67. The summed E-state index contributed by atoms with van der Waals surface area (Å²) in [6.45, 7) is 8.82. The van der Waals surface area contributed by atoms with Gasteiger partial charge in [-0.25, -0.2) is 0 Å². The Hall–Kier alpha value is -0.810. The van der Waals surface area contributed by atoms with E-state index in [-0.39, 0.29) is 0 Å². The van der Waals surface area contributed by atoms with Gasteiger partial charge in [0.05, 0.1) is 6.04 Å². The van der Waals surface area contributed by atoms with Crippen LogP contribution in [0.5, 0.6) is 0 Å². The number of rotatable bonds is 3. The van der Waals surface area contributed by atoms with Gasteiger partial charge in [0.2, 0.25) is 0 Å². The molecule has 0 aromatic carbocycles. The molecule has 0 aromatic heterocycles. The molecule has 1 heteroatoms. The van der Waals surface area contributed by atoms with Gasteiger partial charge < -0.3 is 0 Å². The van der Waals surface area contributed by atoms with Crippen molar-refractivity contribution in [3.63, 3.8) is 0 Å². The van der Waals surface area contributed by atoms with E-state index in [9.17, 15) is 0 Å². The lowest BCUT2D eigenvalue weighted by molar-refractivity contribution is 0.766. The second-order valence-electron chi connectivity index (χ2n) is 1.68. The van der Waals surface area contributed by atoms with Crippen LogP contribution in [0.15, 0.2) is 23.4 Å². The second kappa shape index (κ2) is 4.35. The van der Waals surface area contributed by atoms with Crippen LogP contribution in [0.1, 0.15) is 13.3 Å². The summed E-state index contributed by atoms with van der Waals surface area (Å²) in [6.07, 6.45) is 2.76. The Kier molecular flexibility index (Phi) is 3.91. The average Bonchev–Trinajstić information content (AvgIpc) is 1.83. The molecule has 0 spiro atoms. The van der Waals surface area contributed by atoms with E-state index >= 15 is 0 Å². The van der Waals surface area contributed by atoms with Crippen LogP contribution in [0.4, 0.5) is 0 Å². The lowest BCUT2D eigenvalue weighted by atomic mass is 10.2. The highest BCUT2D eigenvalue weighted by Crippen LogP contribution is 1.93. The van der Waals surface area contributed by atoms with Gasteiger partial charge in [-0.2, -0.15) is 0 Å². The van der Waals surface area contributed by atoms with Crippen LogP contribution < -0.4 is 0 Å². The van der Waals surface area contributed by atoms with Crippen molar-refractivity contribution in [1.29, 1.82) is 0 Å². The molecular weight excluding hydrogens is 98.1 g/mol. The SMILES string of the molecule is C=C=CC[C@H](C)N=C. The molecule has 0 bridgehead atoms. The van der Waals surface area contributed by atoms with Gasteiger partial charge in [-0.1, -0.05) is 6.58 Å². The van der Waals surface area contributed by atoms with Crippen molar-refractivity contribution < 1.29 is 0 Å². The third kappa shape index (κ3) is 3.38. The fourth-order valence-electron chi connectivity index (χ4n) is 0.328. The van der Waals surface area contributed by atoms with Gasteiger partial charge >= 0.3 is 0 Å². The van der Waals surface area contributed by atoms with E-state index in [0.29, 0.717) is 6.04 Å². The zero-order chi connectivity index (χ0) is 6.41. The fourth-order valence-corrected chi connectivity index (χ4v) is 0.328. The molecule has 1 atom stereocenters. The third-order valence-corrected chi connectivity index (χ3v) is 0.915. The molecule has 1 nitrogen and oxygen atoms in total. The highest BCUT2D eigenvalue weighted by molar-refractivity contribution is 5.24. The van der Waals surface area contributed by atoms with Gasteiger partial charge in [-0.15, -0.1) is 5.73 Å². The van der Waals surface area contributed by atoms with E-state index in [4.69, 9.17) is 0 Å². The first kappa shape index (κ1) is 7.19. The van der Waals surface area contributed by atoms with Crippen molar-refractivity contribution in [2.24, 2.45) is 4.99 Å². The van der Waals surface area contributed by atoms with Gasteiger partial charge in [0.15, 0.2) is 0 Å². The number of hydrogen-bond acceptors (Lipinski definition) is 1. The Morgan fingerprint density at radius 1 is 1.88 bits per heavy atom. The van der Waals surface area contributed by atoms with Crippen molar-refractivity contribution in [2.45, 2.75) is 19.4 Å². The van der Waals surface area contributed by atoms with Gasteiger partial charge in [-0.3, -0.25) is 4.99 Å². The normalized spacial score (nSPS) is 11.6. The topological polar surface area (TPSA) is 12.4 Å². The predicted molar refractivity (Wildman–Crippen MR) is 37.3 cm³/mol. The van der Waals surface area contributed by atoms with E-state index in [0.717, 1.165) is 6.42 Å². The van der Waals surface area contributed by atoms with E-state index in [1.807, 2.05) is 13.0 Å². The third-order valence-electron chi connectivity index (χ3n) is 0.915. The van der Waals surface area contributed by atoms with Crippen molar-refractivity contribution in [2.75, 3.05) is 0 Å². The van der Waals surface area contributed by atoms with Gasteiger partial charge in [0.25, 0.3) is 0 Å². The molecular formula is C7H11N. The Labute approximate surface area is 50.4 Å². The molecule has 0 radical (unpaired) electrons. The molecule has 0 heterocycles. The summed E-state index contributed by atoms with van der Waals surface area (Å²) >= 11 is 0. The van der Waals surface area contributed by atoms with E-state index in [2.05, 4.69) is 24.0 Å². The van der Waals surface area contributed by atoms with Crippen LogP contribution in [0.3, 0.4) is 0 Å². The maximum atomic E-state index is 3.78. The highest BCUT2D eigenvalue weighted by Gasteiger charge is 1.88. The minimum absolute atomic E-state index is 0.309. The molecule has 0 amide bonds. The first-order valence-electron chi connectivity index (χ1n) is 2.61. The van der Waals surface area contributed by atoms with Crippen molar-refractivity contribution >= 4 is 6.72 Å². The molecule has 0 aliphatic rings. The van der Waals surface area contributed by atoms with Crippen molar-refractivity contribution in [3.8, 4) is 0 Å². The summed E-state index contributed by atoms with van der Waals surface area (Å²) in [6, 6.07) is 0.309. The van der Waals surface area contributed by atoms with Gasteiger partial charge in [0.1, 0.15) is 0 Å². The van der Waals surface area contributed by atoms with Crippen LogP contribution in [0.2, 0.25) is 0 Å². The quantitative estimate of drug-likeness (QED) is 0.387. The molecule has 44 valence electrons. The Morgan fingerprint density at radius 3 is 2.88 bits per heavy atom. The van der Waals surface area contributed by atoms with Gasteiger partial charge in [0, 0.05) is 0 Å². The van der Waals surface area contributed by atoms with Crippen molar-refractivity contribution in [3.05, 3.63) is 18.4 Å². The monoisotopic (exact) mass is 109 g/mol. The first-order valence-corrected chi connectivity index (χ1v) is 2.61. The number of hydrogen-bond donors (Lipinski definition) is 0. The minimum Gasteiger partial charge on any atom is -0.298 e. The van der Waals surface area contributed by atoms with Crippen LogP contribution in [0, 0.1) is 0 Å². The van der Waals surface area contributed by atoms with E-state index < -0.39 is 0 Å². The minimum atomic E-state index is 0.309. The molecule has 0 N–H and O–H groups in total. The standard InChI is InChI=1S/C7H11N/c1-4-5-6-7(2)8-3/h5,7H,1,3,6H2,2H3/t7-/m0/s1. The predicted octanol–water partition coefficient (Wildman–Crippen LogP) is 1.81.